The molecule has 0 saturated heterocycles. The number of ketones is 1. The first kappa shape index (κ1) is 15.9. The molecule has 1 nitrogen and oxygen atoms in total. The molecule has 0 saturated carbocycles. The van der Waals surface area contributed by atoms with Crippen LogP contribution in [0.25, 0.3) is 0 Å². The lowest BCUT2D eigenvalue weighted by atomic mass is 10.1. The fourth-order valence-electron chi connectivity index (χ4n) is 1.40. The second kappa shape index (κ2) is 5.44. The van der Waals surface area contributed by atoms with Gasteiger partial charge in [0.15, 0.2) is 5.78 Å². The summed E-state index contributed by atoms with van der Waals surface area (Å²) in [4.78, 5) is 10.4. The van der Waals surface area contributed by atoms with Crippen LogP contribution in [0.2, 0.25) is 0 Å². The van der Waals surface area contributed by atoms with Crippen LogP contribution in [0.1, 0.15) is 29.3 Å². The minimum absolute atomic E-state index is 0.174. The van der Waals surface area contributed by atoms with Crippen LogP contribution in [-0.2, 0) is 6.18 Å². The predicted octanol–water partition coefficient (Wildman–Crippen LogP) is 4.91. The number of carbonyl (C=O) groups excluding carboxylic acids is 1. The molecule has 0 N–H and O–H groups in total. The van der Waals surface area contributed by atoms with Gasteiger partial charge in [0.25, 0.3) is 0 Å². The fourth-order valence-corrected chi connectivity index (χ4v) is 2.21. The summed E-state index contributed by atoms with van der Waals surface area (Å²) in [6.45, 7) is 1.37. The summed E-state index contributed by atoms with van der Waals surface area (Å²) in [6, 6.07) is 2.42. The molecule has 0 atom stereocenters. The van der Waals surface area contributed by atoms with Gasteiger partial charge in [-0.2, -0.15) is 26.3 Å². The van der Waals surface area contributed by atoms with Crippen LogP contribution < -0.4 is 0 Å². The maximum Gasteiger partial charge on any atom is 0.446 e. The summed E-state index contributed by atoms with van der Waals surface area (Å²) >= 11 is -0.916. The number of halogens is 6. The highest BCUT2D eigenvalue weighted by Crippen LogP contribution is 2.45. The van der Waals surface area contributed by atoms with Crippen molar-refractivity contribution in [2.75, 3.05) is 0 Å². The van der Waals surface area contributed by atoms with Crippen LogP contribution in [-0.4, -0.2) is 11.3 Å². The van der Waals surface area contributed by atoms with Crippen molar-refractivity contribution in [3.63, 3.8) is 0 Å². The highest BCUT2D eigenvalue weighted by Gasteiger charge is 2.40. The molecule has 0 aliphatic carbocycles. The predicted molar refractivity (Wildman–Crippen MR) is 58.0 cm³/mol. The Balaban J connectivity index is 3.45. The van der Waals surface area contributed by atoms with E-state index in [-0.39, 0.29) is 6.42 Å². The number of thioether (sulfide) groups is 1. The topological polar surface area (TPSA) is 17.1 Å². The normalized spacial score (nSPS) is 12.6. The Bertz CT molecular complexity index is 477. The molecule has 19 heavy (non-hydrogen) atoms. The zero-order valence-corrected chi connectivity index (χ0v) is 10.3. The van der Waals surface area contributed by atoms with Gasteiger partial charge < -0.3 is 0 Å². The third kappa shape index (κ3) is 4.15. The minimum Gasteiger partial charge on any atom is -0.294 e. The van der Waals surface area contributed by atoms with E-state index in [2.05, 4.69) is 0 Å². The molecular weight excluding hydrogens is 294 g/mol. The molecule has 0 bridgehead atoms. The van der Waals surface area contributed by atoms with E-state index in [9.17, 15) is 31.1 Å². The standard InChI is InChI=1S/C11H8F6OS/c1-2-8(18)6-4-3-5-7(10(12,13)14)9(6)19-11(15,16)17/h3-5H,2H2,1H3. The monoisotopic (exact) mass is 302 g/mol. The molecule has 0 spiro atoms. The first-order chi connectivity index (χ1) is 8.56. The Hall–Kier alpha value is -1.18. The van der Waals surface area contributed by atoms with Gasteiger partial charge in [0.2, 0.25) is 0 Å². The van der Waals surface area contributed by atoms with Crippen molar-refractivity contribution in [2.24, 2.45) is 0 Å². The average Bonchev–Trinajstić information content (AvgIpc) is 2.24. The SMILES string of the molecule is CCC(=O)c1cccc(C(F)(F)F)c1SC(F)(F)F. The number of benzene rings is 1. The summed E-state index contributed by atoms with van der Waals surface area (Å²) in [5.41, 5.74) is -6.90. The third-order valence-electron chi connectivity index (χ3n) is 2.16. The van der Waals surface area contributed by atoms with Crippen LogP contribution in [0.5, 0.6) is 0 Å². The largest absolute Gasteiger partial charge is 0.446 e. The van der Waals surface area contributed by atoms with E-state index >= 15 is 0 Å². The maximum absolute atomic E-state index is 12.7. The second-order valence-corrected chi connectivity index (χ2v) is 4.58. The molecule has 0 unspecified atom stereocenters. The Morgan fingerprint density at radius 1 is 1.16 bits per heavy atom. The van der Waals surface area contributed by atoms with Crippen molar-refractivity contribution in [3.05, 3.63) is 29.3 Å². The lowest BCUT2D eigenvalue weighted by Gasteiger charge is -2.16. The zero-order chi connectivity index (χ0) is 14.8. The van der Waals surface area contributed by atoms with Gasteiger partial charge in [-0.25, -0.2) is 0 Å². The first-order valence-electron chi connectivity index (χ1n) is 5.05. The number of carbonyl (C=O) groups is 1. The van der Waals surface area contributed by atoms with Gasteiger partial charge in [0, 0.05) is 16.9 Å². The lowest BCUT2D eigenvalue weighted by Crippen LogP contribution is -2.13. The van der Waals surface area contributed by atoms with Gasteiger partial charge in [0.1, 0.15) is 0 Å². The molecule has 0 heterocycles. The summed E-state index contributed by atoms with van der Waals surface area (Å²) in [6.07, 6.45) is -5.12. The van der Waals surface area contributed by atoms with Gasteiger partial charge >= 0.3 is 11.7 Å². The summed E-state index contributed by atoms with van der Waals surface area (Å²) < 4.78 is 75.1. The Kier molecular flexibility index (Phi) is 4.54. The zero-order valence-electron chi connectivity index (χ0n) is 9.52. The van der Waals surface area contributed by atoms with Crippen LogP contribution in [0.3, 0.4) is 0 Å². The molecule has 0 fully saturated rings. The Labute approximate surface area is 109 Å². The van der Waals surface area contributed by atoms with Crippen molar-refractivity contribution >= 4 is 17.5 Å². The van der Waals surface area contributed by atoms with Crippen molar-refractivity contribution < 1.29 is 31.1 Å². The third-order valence-corrected chi connectivity index (χ3v) is 3.04. The van der Waals surface area contributed by atoms with Gasteiger partial charge in [-0.3, -0.25) is 4.79 Å². The van der Waals surface area contributed by atoms with Gasteiger partial charge in [-0.1, -0.05) is 19.1 Å². The van der Waals surface area contributed by atoms with Crippen molar-refractivity contribution in [2.45, 2.75) is 29.9 Å². The van der Waals surface area contributed by atoms with Crippen LogP contribution in [0, 0.1) is 0 Å². The van der Waals surface area contributed by atoms with Gasteiger partial charge in [0.05, 0.1) is 5.56 Å². The molecule has 1 aromatic rings. The van der Waals surface area contributed by atoms with Crippen LogP contribution >= 0.6 is 11.8 Å². The lowest BCUT2D eigenvalue weighted by molar-refractivity contribution is -0.139. The first-order valence-corrected chi connectivity index (χ1v) is 5.87. The van der Waals surface area contributed by atoms with Gasteiger partial charge in [-0.05, 0) is 17.8 Å². The van der Waals surface area contributed by atoms with Crippen molar-refractivity contribution in [1.29, 1.82) is 0 Å². The molecule has 0 aliphatic heterocycles. The van der Waals surface area contributed by atoms with Crippen molar-refractivity contribution in [1.82, 2.24) is 0 Å². The Morgan fingerprint density at radius 2 is 1.74 bits per heavy atom. The van der Waals surface area contributed by atoms with Crippen molar-refractivity contribution in [3.8, 4) is 0 Å². The maximum atomic E-state index is 12.7. The smallest absolute Gasteiger partial charge is 0.294 e. The van der Waals surface area contributed by atoms with E-state index < -0.39 is 45.3 Å². The number of hydrogen-bond donors (Lipinski definition) is 0. The summed E-state index contributed by atoms with van der Waals surface area (Å²) in [5, 5.41) is 0. The molecule has 1 aromatic carbocycles. The highest BCUT2D eigenvalue weighted by atomic mass is 32.2. The number of Topliss-reactive ketones (excluding diaryl/α,β-unsaturated/α-hetero) is 1. The molecular formula is C11H8F6OS. The Morgan fingerprint density at radius 3 is 2.16 bits per heavy atom. The molecule has 0 aromatic heterocycles. The van der Waals surface area contributed by atoms with E-state index in [0.717, 1.165) is 12.1 Å². The average molecular weight is 302 g/mol. The van der Waals surface area contributed by atoms with E-state index in [1.807, 2.05) is 0 Å². The van der Waals surface area contributed by atoms with Crippen LogP contribution in [0.4, 0.5) is 26.3 Å². The number of alkyl halides is 6. The molecule has 1 rings (SSSR count). The molecule has 0 aliphatic rings. The molecule has 106 valence electrons. The van der Waals surface area contributed by atoms with E-state index in [1.54, 1.807) is 0 Å². The van der Waals surface area contributed by atoms with E-state index in [0.29, 0.717) is 6.07 Å². The number of rotatable bonds is 3. The second-order valence-electron chi connectivity index (χ2n) is 3.50. The summed E-state index contributed by atoms with van der Waals surface area (Å²) in [7, 11) is 0. The molecule has 8 heteroatoms. The van der Waals surface area contributed by atoms with Crippen LogP contribution in [0.15, 0.2) is 23.1 Å². The van der Waals surface area contributed by atoms with E-state index in [1.165, 1.54) is 6.92 Å². The molecule has 0 radical (unpaired) electrons. The fraction of sp³-hybridized carbons (Fsp3) is 0.364. The minimum atomic E-state index is -4.95. The highest BCUT2D eigenvalue weighted by molar-refractivity contribution is 8.00. The summed E-state index contributed by atoms with van der Waals surface area (Å²) in [5.74, 6) is -0.766. The quantitative estimate of drug-likeness (QED) is 0.448. The van der Waals surface area contributed by atoms with Gasteiger partial charge in [-0.15, -0.1) is 0 Å². The molecule has 0 amide bonds. The van der Waals surface area contributed by atoms with E-state index in [4.69, 9.17) is 0 Å². The number of hydrogen-bond acceptors (Lipinski definition) is 2.